The highest BCUT2D eigenvalue weighted by molar-refractivity contribution is 5.74. The summed E-state index contributed by atoms with van der Waals surface area (Å²) in [5, 5.41) is 8.60. The van der Waals surface area contributed by atoms with Crippen molar-refractivity contribution in [2.24, 2.45) is 10.2 Å². The Morgan fingerprint density at radius 2 is 1.54 bits per heavy atom. The standard InChI is InChI=1S/C19H13FN4/c20-15-9-11-16(12-10-15)22-23-19-18(14-6-2-1-3-7-14)21-17-8-4-5-13-24(17)19/h1-13H. The molecule has 0 N–H and O–H groups in total. The molecular weight excluding hydrogens is 303 g/mol. The lowest BCUT2D eigenvalue weighted by molar-refractivity contribution is 0.628. The molecule has 2 heterocycles. The first kappa shape index (κ1) is 14.3. The molecule has 0 saturated carbocycles. The number of azo groups is 1. The van der Waals surface area contributed by atoms with Crippen molar-refractivity contribution in [3.05, 3.63) is 84.8 Å². The van der Waals surface area contributed by atoms with E-state index in [1.165, 1.54) is 12.1 Å². The van der Waals surface area contributed by atoms with Gasteiger partial charge in [-0.15, -0.1) is 10.2 Å². The summed E-state index contributed by atoms with van der Waals surface area (Å²) in [7, 11) is 0. The fraction of sp³-hybridized carbons (Fsp3) is 0. The van der Waals surface area contributed by atoms with Crippen LogP contribution in [0.5, 0.6) is 0 Å². The van der Waals surface area contributed by atoms with Crippen LogP contribution in [-0.2, 0) is 0 Å². The van der Waals surface area contributed by atoms with Gasteiger partial charge in [0.15, 0.2) is 5.82 Å². The van der Waals surface area contributed by atoms with E-state index in [0.717, 1.165) is 16.9 Å². The van der Waals surface area contributed by atoms with Gasteiger partial charge in [0.25, 0.3) is 0 Å². The molecule has 4 aromatic rings. The minimum absolute atomic E-state index is 0.297. The summed E-state index contributed by atoms with van der Waals surface area (Å²) in [6.07, 6.45) is 1.90. The van der Waals surface area contributed by atoms with E-state index in [0.29, 0.717) is 11.5 Å². The lowest BCUT2D eigenvalue weighted by Crippen LogP contribution is -1.81. The van der Waals surface area contributed by atoms with Crippen LogP contribution in [0.1, 0.15) is 0 Å². The summed E-state index contributed by atoms with van der Waals surface area (Å²) in [5.74, 6) is 0.342. The van der Waals surface area contributed by atoms with Crippen LogP contribution in [0.2, 0.25) is 0 Å². The second-order valence-corrected chi connectivity index (χ2v) is 5.26. The molecule has 0 atom stereocenters. The van der Waals surface area contributed by atoms with Gasteiger partial charge in [-0.25, -0.2) is 9.37 Å². The summed E-state index contributed by atoms with van der Waals surface area (Å²) in [5.41, 5.74) is 3.10. The van der Waals surface area contributed by atoms with Gasteiger partial charge < -0.3 is 0 Å². The van der Waals surface area contributed by atoms with Crippen LogP contribution in [0.25, 0.3) is 16.9 Å². The number of fused-ring (bicyclic) bond motifs is 1. The predicted molar refractivity (Wildman–Crippen MR) is 91.2 cm³/mol. The van der Waals surface area contributed by atoms with Crippen LogP contribution in [0.4, 0.5) is 15.9 Å². The van der Waals surface area contributed by atoms with E-state index in [-0.39, 0.29) is 5.82 Å². The van der Waals surface area contributed by atoms with E-state index >= 15 is 0 Å². The van der Waals surface area contributed by atoms with E-state index < -0.39 is 0 Å². The van der Waals surface area contributed by atoms with E-state index in [9.17, 15) is 4.39 Å². The summed E-state index contributed by atoms with van der Waals surface area (Å²) >= 11 is 0. The average Bonchev–Trinajstić information content (AvgIpc) is 3.01. The molecule has 5 heteroatoms. The highest BCUT2D eigenvalue weighted by Crippen LogP contribution is 2.32. The molecule has 2 aromatic heterocycles. The van der Waals surface area contributed by atoms with Crippen LogP contribution < -0.4 is 0 Å². The molecule has 0 spiro atoms. The Hall–Kier alpha value is -3.34. The number of rotatable bonds is 3. The maximum absolute atomic E-state index is 13.0. The molecule has 4 nitrogen and oxygen atoms in total. The van der Waals surface area contributed by atoms with Crippen LogP contribution in [0.3, 0.4) is 0 Å². The van der Waals surface area contributed by atoms with Crippen molar-refractivity contribution in [3.63, 3.8) is 0 Å². The fourth-order valence-corrected chi connectivity index (χ4v) is 2.48. The first-order valence-corrected chi connectivity index (χ1v) is 7.51. The zero-order valence-electron chi connectivity index (χ0n) is 12.7. The van der Waals surface area contributed by atoms with Gasteiger partial charge in [-0.3, -0.25) is 4.40 Å². The molecule has 24 heavy (non-hydrogen) atoms. The SMILES string of the molecule is Fc1ccc(N=Nc2c(-c3ccccc3)nc3ccccn23)cc1. The van der Waals surface area contributed by atoms with Gasteiger partial charge in [0.1, 0.15) is 17.2 Å². The molecule has 4 rings (SSSR count). The molecule has 0 saturated heterocycles. The fourth-order valence-electron chi connectivity index (χ4n) is 2.48. The molecule has 0 aliphatic carbocycles. The van der Waals surface area contributed by atoms with Gasteiger partial charge >= 0.3 is 0 Å². The number of halogens is 1. The Bertz CT molecular complexity index is 1000. The number of pyridine rings is 1. The zero-order chi connectivity index (χ0) is 16.4. The largest absolute Gasteiger partial charge is 0.283 e. The van der Waals surface area contributed by atoms with Crippen LogP contribution >= 0.6 is 0 Å². The van der Waals surface area contributed by atoms with Crippen molar-refractivity contribution in [1.82, 2.24) is 9.38 Å². The van der Waals surface area contributed by atoms with Gasteiger partial charge in [-0.05, 0) is 36.4 Å². The quantitative estimate of drug-likeness (QED) is 0.456. The number of benzene rings is 2. The van der Waals surface area contributed by atoms with Gasteiger partial charge in [0.2, 0.25) is 0 Å². The van der Waals surface area contributed by atoms with Crippen LogP contribution in [0.15, 0.2) is 89.2 Å². The Labute approximate surface area is 137 Å². The first-order chi connectivity index (χ1) is 11.8. The molecule has 0 radical (unpaired) electrons. The molecule has 0 aliphatic rings. The van der Waals surface area contributed by atoms with Crippen molar-refractivity contribution < 1.29 is 4.39 Å². The first-order valence-electron chi connectivity index (χ1n) is 7.51. The molecule has 0 bridgehead atoms. The minimum Gasteiger partial charge on any atom is -0.283 e. The molecule has 0 fully saturated rings. The van der Waals surface area contributed by atoms with Gasteiger partial charge in [0, 0.05) is 11.8 Å². The number of hydrogen-bond acceptors (Lipinski definition) is 3. The van der Waals surface area contributed by atoms with Crippen LogP contribution in [-0.4, -0.2) is 9.38 Å². The Morgan fingerprint density at radius 1 is 0.792 bits per heavy atom. The lowest BCUT2D eigenvalue weighted by Gasteiger charge is -1.99. The smallest absolute Gasteiger partial charge is 0.187 e. The molecule has 0 unspecified atom stereocenters. The number of nitrogens with zero attached hydrogens (tertiary/aromatic N) is 4. The van der Waals surface area contributed by atoms with Crippen molar-refractivity contribution in [2.45, 2.75) is 0 Å². The van der Waals surface area contributed by atoms with E-state index in [4.69, 9.17) is 0 Å². The van der Waals surface area contributed by atoms with Gasteiger partial charge in [-0.2, -0.15) is 0 Å². The van der Waals surface area contributed by atoms with Crippen molar-refractivity contribution in [3.8, 4) is 11.3 Å². The third-order valence-electron chi connectivity index (χ3n) is 3.64. The predicted octanol–water partition coefficient (Wildman–Crippen LogP) is 5.56. The maximum Gasteiger partial charge on any atom is 0.187 e. The maximum atomic E-state index is 13.0. The second kappa shape index (κ2) is 6.04. The second-order valence-electron chi connectivity index (χ2n) is 5.26. The normalized spacial score (nSPS) is 11.4. The summed E-state index contributed by atoms with van der Waals surface area (Å²) in [6.45, 7) is 0. The molecule has 2 aromatic carbocycles. The monoisotopic (exact) mass is 316 g/mol. The van der Waals surface area contributed by atoms with Crippen LogP contribution in [0, 0.1) is 5.82 Å². The van der Waals surface area contributed by atoms with Crippen molar-refractivity contribution >= 4 is 17.2 Å². The summed E-state index contributed by atoms with van der Waals surface area (Å²) in [4.78, 5) is 4.66. The summed E-state index contributed by atoms with van der Waals surface area (Å²) < 4.78 is 14.9. The third-order valence-corrected chi connectivity index (χ3v) is 3.64. The zero-order valence-corrected chi connectivity index (χ0v) is 12.7. The lowest BCUT2D eigenvalue weighted by atomic mass is 10.1. The highest BCUT2D eigenvalue weighted by Gasteiger charge is 2.13. The Balaban J connectivity index is 1.85. The number of imidazole rings is 1. The Kier molecular flexibility index (Phi) is 3.59. The van der Waals surface area contributed by atoms with Gasteiger partial charge in [0.05, 0.1) is 5.69 Å². The average molecular weight is 316 g/mol. The number of hydrogen-bond donors (Lipinski definition) is 0. The molecule has 116 valence electrons. The molecular formula is C19H13FN4. The Morgan fingerprint density at radius 3 is 2.33 bits per heavy atom. The van der Waals surface area contributed by atoms with E-state index in [1.54, 1.807) is 12.1 Å². The summed E-state index contributed by atoms with van der Waals surface area (Å²) in [6, 6.07) is 21.5. The van der Waals surface area contributed by atoms with Crippen molar-refractivity contribution in [1.29, 1.82) is 0 Å². The third kappa shape index (κ3) is 2.67. The topological polar surface area (TPSA) is 42.0 Å². The van der Waals surface area contributed by atoms with E-state index in [2.05, 4.69) is 15.2 Å². The molecule has 0 amide bonds. The van der Waals surface area contributed by atoms with Crippen molar-refractivity contribution in [2.75, 3.05) is 0 Å². The van der Waals surface area contributed by atoms with E-state index in [1.807, 2.05) is 59.1 Å². The highest BCUT2D eigenvalue weighted by atomic mass is 19.1. The molecule has 0 aliphatic heterocycles. The minimum atomic E-state index is -0.297. The van der Waals surface area contributed by atoms with Gasteiger partial charge in [-0.1, -0.05) is 36.4 Å². The number of aromatic nitrogens is 2.